The number of imide groups is 2. The van der Waals surface area contributed by atoms with Crippen LogP contribution in [-0.2, 0) is 33.4 Å². The molecule has 2 N–H and O–H groups in total. The zero-order valence-corrected chi connectivity index (χ0v) is 14.4. The molecule has 27 heavy (non-hydrogen) atoms. The predicted molar refractivity (Wildman–Crippen MR) is 86.5 cm³/mol. The number of ether oxygens (including phenoxy) is 3. The molecule has 0 unspecified atom stereocenters. The molecule has 0 aromatic rings. The van der Waals surface area contributed by atoms with Crippen LogP contribution in [-0.4, -0.2) is 95.7 Å². The van der Waals surface area contributed by atoms with Crippen molar-refractivity contribution in [3.05, 3.63) is 24.3 Å². The van der Waals surface area contributed by atoms with Crippen molar-refractivity contribution < 1.29 is 43.6 Å². The molecule has 0 spiro atoms. The number of carbonyl (C=O) groups excluding carboxylic acids is 4. The Labute approximate surface area is 154 Å². The summed E-state index contributed by atoms with van der Waals surface area (Å²) in [5.74, 6) is -6.11. The number of hydrogen-bond donors (Lipinski definition) is 2. The van der Waals surface area contributed by atoms with Crippen molar-refractivity contribution in [2.75, 3.05) is 46.2 Å². The Balaban J connectivity index is 1.92. The molecule has 148 valence electrons. The van der Waals surface area contributed by atoms with Crippen molar-refractivity contribution in [1.29, 1.82) is 0 Å². The molecule has 0 aromatic carbocycles. The molecule has 0 aliphatic carbocycles. The van der Waals surface area contributed by atoms with Crippen molar-refractivity contribution in [2.45, 2.75) is 5.85 Å². The SMILES string of the molecule is O=C1C=CC(=O)N1C(O)(COCCOCCOCCO)N1C(=O)C=CC1=O. The van der Waals surface area contributed by atoms with Gasteiger partial charge < -0.3 is 24.4 Å². The third-order valence-corrected chi connectivity index (χ3v) is 3.61. The molecule has 11 nitrogen and oxygen atoms in total. The lowest BCUT2D eigenvalue weighted by Gasteiger charge is -2.40. The van der Waals surface area contributed by atoms with Crippen LogP contribution >= 0.6 is 0 Å². The van der Waals surface area contributed by atoms with Crippen LogP contribution in [0.1, 0.15) is 0 Å². The van der Waals surface area contributed by atoms with Gasteiger partial charge in [0.05, 0.1) is 39.6 Å². The zero-order valence-electron chi connectivity index (χ0n) is 14.4. The Kier molecular flexibility index (Phi) is 7.33. The van der Waals surface area contributed by atoms with Crippen LogP contribution in [0, 0.1) is 0 Å². The fourth-order valence-corrected chi connectivity index (χ4v) is 2.45. The van der Waals surface area contributed by atoms with Gasteiger partial charge in [0.25, 0.3) is 29.5 Å². The second kappa shape index (κ2) is 9.48. The standard InChI is InChI=1S/C16H20N2O9/c19-5-6-25-7-8-26-9-10-27-11-16(24,17-12(20)1-2-13(17)21)18-14(22)3-4-15(18)23/h1-4,19,24H,5-11H2. The first-order chi connectivity index (χ1) is 12.9. The van der Waals surface area contributed by atoms with Crippen molar-refractivity contribution in [1.82, 2.24) is 9.80 Å². The van der Waals surface area contributed by atoms with Gasteiger partial charge in [0, 0.05) is 24.3 Å². The van der Waals surface area contributed by atoms with E-state index in [1.165, 1.54) is 0 Å². The van der Waals surface area contributed by atoms with Gasteiger partial charge in [0.15, 0.2) is 0 Å². The highest BCUT2D eigenvalue weighted by Gasteiger charge is 2.53. The van der Waals surface area contributed by atoms with Crippen LogP contribution in [0.5, 0.6) is 0 Å². The topological polar surface area (TPSA) is 143 Å². The molecule has 2 aliphatic rings. The Morgan fingerprint density at radius 2 is 1.07 bits per heavy atom. The second-order valence-electron chi connectivity index (χ2n) is 5.47. The third kappa shape index (κ3) is 4.84. The van der Waals surface area contributed by atoms with E-state index in [9.17, 15) is 24.3 Å². The lowest BCUT2D eigenvalue weighted by Crippen LogP contribution is -2.67. The number of nitrogens with zero attached hydrogens (tertiary/aromatic N) is 2. The van der Waals surface area contributed by atoms with Gasteiger partial charge in [-0.05, 0) is 0 Å². The molecule has 0 saturated carbocycles. The summed E-state index contributed by atoms with van der Waals surface area (Å²) in [5.41, 5.74) is 0. The minimum absolute atomic E-state index is 0.0460. The van der Waals surface area contributed by atoms with E-state index in [2.05, 4.69) is 0 Å². The maximum Gasteiger partial charge on any atom is 0.262 e. The summed E-state index contributed by atoms with van der Waals surface area (Å²) < 4.78 is 15.4. The molecule has 2 aliphatic heterocycles. The largest absolute Gasteiger partial charge is 0.394 e. The number of carbonyl (C=O) groups is 4. The highest BCUT2D eigenvalue weighted by molar-refractivity contribution is 6.16. The number of rotatable bonds is 12. The third-order valence-electron chi connectivity index (χ3n) is 3.61. The molecule has 0 saturated heterocycles. The monoisotopic (exact) mass is 384 g/mol. The maximum absolute atomic E-state index is 11.9. The van der Waals surface area contributed by atoms with Gasteiger partial charge in [-0.15, -0.1) is 0 Å². The van der Waals surface area contributed by atoms with Crippen LogP contribution in [0.25, 0.3) is 0 Å². The molecule has 11 heteroatoms. The zero-order chi connectivity index (χ0) is 19.9. The summed E-state index contributed by atoms with van der Waals surface area (Å²) in [6.45, 7) is -0.0226. The van der Waals surface area contributed by atoms with E-state index in [0.29, 0.717) is 9.80 Å². The Morgan fingerprint density at radius 1 is 0.704 bits per heavy atom. The van der Waals surface area contributed by atoms with Crippen LogP contribution in [0.4, 0.5) is 0 Å². The molecular weight excluding hydrogens is 364 g/mol. The average molecular weight is 384 g/mol. The van der Waals surface area contributed by atoms with Crippen LogP contribution in [0.15, 0.2) is 24.3 Å². The summed E-state index contributed by atoms with van der Waals surface area (Å²) in [5, 5.41) is 19.4. The summed E-state index contributed by atoms with van der Waals surface area (Å²) >= 11 is 0. The number of aliphatic hydroxyl groups is 2. The predicted octanol–water partition coefficient (Wildman–Crippen LogP) is -2.48. The van der Waals surface area contributed by atoms with E-state index in [1.54, 1.807) is 0 Å². The van der Waals surface area contributed by atoms with Gasteiger partial charge >= 0.3 is 0 Å². The second-order valence-corrected chi connectivity index (χ2v) is 5.47. The molecule has 0 radical (unpaired) electrons. The number of aliphatic hydroxyl groups excluding tert-OH is 1. The molecule has 2 heterocycles. The quantitative estimate of drug-likeness (QED) is 0.276. The van der Waals surface area contributed by atoms with Gasteiger partial charge in [-0.3, -0.25) is 19.2 Å². The number of hydrogen-bond acceptors (Lipinski definition) is 9. The molecule has 0 atom stereocenters. The van der Waals surface area contributed by atoms with Gasteiger partial charge in [0.2, 0.25) is 0 Å². The summed E-state index contributed by atoms with van der Waals surface area (Å²) in [6.07, 6.45) is 3.67. The fourth-order valence-electron chi connectivity index (χ4n) is 2.45. The first-order valence-corrected chi connectivity index (χ1v) is 8.10. The van der Waals surface area contributed by atoms with Gasteiger partial charge in [-0.2, -0.15) is 0 Å². The van der Waals surface area contributed by atoms with Crippen molar-refractivity contribution in [3.8, 4) is 0 Å². The normalized spacial score (nSPS) is 17.1. The Morgan fingerprint density at radius 3 is 1.48 bits per heavy atom. The van der Waals surface area contributed by atoms with Crippen LogP contribution in [0.3, 0.4) is 0 Å². The number of amides is 4. The van der Waals surface area contributed by atoms with Crippen LogP contribution in [0.2, 0.25) is 0 Å². The Bertz CT molecular complexity index is 580. The minimum Gasteiger partial charge on any atom is -0.394 e. The molecular formula is C16H20N2O9. The molecule has 0 bridgehead atoms. The summed E-state index contributed by atoms with van der Waals surface area (Å²) in [6, 6.07) is 0. The first kappa shape index (κ1) is 20.9. The molecule has 0 aromatic heterocycles. The Hall–Kier alpha value is -2.44. The minimum atomic E-state index is -2.60. The van der Waals surface area contributed by atoms with Crippen molar-refractivity contribution >= 4 is 23.6 Å². The lowest BCUT2D eigenvalue weighted by molar-refractivity contribution is -0.225. The van der Waals surface area contributed by atoms with Gasteiger partial charge in [-0.25, -0.2) is 9.80 Å². The first-order valence-electron chi connectivity index (χ1n) is 8.10. The van der Waals surface area contributed by atoms with Gasteiger partial charge in [-0.1, -0.05) is 0 Å². The molecule has 4 amide bonds. The van der Waals surface area contributed by atoms with E-state index >= 15 is 0 Å². The fraction of sp³-hybridized carbons (Fsp3) is 0.500. The van der Waals surface area contributed by atoms with Crippen molar-refractivity contribution in [2.24, 2.45) is 0 Å². The van der Waals surface area contributed by atoms with Gasteiger partial charge in [0.1, 0.15) is 6.61 Å². The van der Waals surface area contributed by atoms with E-state index in [4.69, 9.17) is 19.3 Å². The van der Waals surface area contributed by atoms with Crippen LogP contribution < -0.4 is 0 Å². The average Bonchev–Trinajstić information content (AvgIpc) is 3.15. The summed E-state index contributed by atoms with van der Waals surface area (Å²) in [7, 11) is 0. The van der Waals surface area contributed by atoms with E-state index in [-0.39, 0.29) is 39.6 Å². The highest BCUT2D eigenvalue weighted by Crippen LogP contribution is 2.26. The summed E-state index contributed by atoms with van der Waals surface area (Å²) in [4.78, 5) is 48.5. The molecule has 2 rings (SSSR count). The lowest BCUT2D eigenvalue weighted by atomic mass is 10.3. The smallest absolute Gasteiger partial charge is 0.262 e. The van der Waals surface area contributed by atoms with E-state index in [1.807, 2.05) is 0 Å². The maximum atomic E-state index is 11.9. The van der Waals surface area contributed by atoms with E-state index < -0.39 is 36.1 Å². The molecule has 0 fully saturated rings. The van der Waals surface area contributed by atoms with E-state index in [0.717, 1.165) is 24.3 Å². The van der Waals surface area contributed by atoms with Crippen molar-refractivity contribution in [3.63, 3.8) is 0 Å². The highest BCUT2D eigenvalue weighted by atomic mass is 16.6.